The largest absolute Gasteiger partial charge is 0.464 e. The first kappa shape index (κ1) is 33.9. The molecule has 0 heterocycles. The fourth-order valence-electron chi connectivity index (χ4n) is 4.01. The van der Waals surface area contributed by atoms with Crippen LogP contribution in [-0.2, 0) is 18.9 Å². The molecule has 0 unspecified atom stereocenters. The molecule has 0 spiro atoms. The SMILES string of the molecule is COCOc1ccc(C=Cc2ccc(N=Nc3ccc(C=Cc4ccc(OCOC)c(OCOC)c4)cc3)cc2)cc1OCOC. The third-order valence-corrected chi connectivity index (χ3v) is 6.27. The van der Waals surface area contributed by atoms with E-state index in [1.807, 2.05) is 109 Å². The second kappa shape index (κ2) is 18.7. The zero-order valence-corrected chi connectivity index (χ0v) is 26.4. The molecule has 10 heteroatoms. The maximum Gasteiger partial charge on any atom is 0.188 e. The Balaban J connectivity index is 1.34. The van der Waals surface area contributed by atoms with Gasteiger partial charge in [-0.1, -0.05) is 60.7 Å². The van der Waals surface area contributed by atoms with Gasteiger partial charge in [-0.15, -0.1) is 0 Å². The number of benzene rings is 4. The Labute approximate surface area is 269 Å². The van der Waals surface area contributed by atoms with Crippen molar-refractivity contribution in [2.75, 3.05) is 55.6 Å². The van der Waals surface area contributed by atoms with Crippen LogP contribution in [0, 0.1) is 0 Å². The van der Waals surface area contributed by atoms with E-state index in [0.29, 0.717) is 23.0 Å². The monoisotopic (exact) mass is 626 g/mol. The molecule has 0 aliphatic carbocycles. The van der Waals surface area contributed by atoms with E-state index >= 15 is 0 Å². The molecular formula is C36H38N2O8. The lowest BCUT2D eigenvalue weighted by atomic mass is 10.1. The highest BCUT2D eigenvalue weighted by molar-refractivity contribution is 5.72. The van der Waals surface area contributed by atoms with Gasteiger partial charge in [0, 0.05) is 28.4 Å². The van der Waals surface area contributed by atoms with E-state index in [9.17, 15) is 0 Å². The Morgan fingerprint density at radius 2 is 0.696 bits per heavy atom. The van der Waals surface area contributed by atoms with Crippen LogP contribution in [0.5, 0.6) is 23.0 Å². The number of ether oxygens (including phenoxy) is 8. The summed E-state index contributed by atoms with van der Waals surface area (Å²) in [6, 6.07) is 27.0. The Morgan fingerprint density at radius 3 is 1.04 bits per heavy atom. The third kappa shape index (κ3) is 10.9. The van der Waals surface area contributed by atoms with E-state index in [1.165, 1.54) is 0 Å². The van der Waals surface area contributed by atoms with Crippen LogP contribution in [0.25, 0.3) is 24.3 Å². The molecule has 0 aromatic heterocycles. The van der Waals surface area contributed by atoms with Gasteiger partial charge in [0.25, 0.3) is 0 Å². The van der Waals surface area contributed by atoms with Crippen molar-refractivity contribution < 1.29 is 37.9 Å². The zero-order valence-electron chi connectivity index (χ0n) is 26.4. The molecule has 0 N–H and O–H groups in total. The fourth-order valence-corrected chi connectivity index (χ4v) is 4.01. The molecule has 0 aliphatic rings. The normalized spacial score (nSPS) is 11.5. The fraction of sp³-hybridized carbons (Fsp3) is 0.222. The van der Waals surface area contributed by atoms with Crippen molar-refractivity contribution in [1.82, 2.24) is 0 Å². The number of azo groups is 1. The number of nitrogens with zero attached hydrogens (tertiary/aromatic N) is 2. The lowest BCUT2D eigenvalue weighted by molar-refractivity contribution is 0.0322. The standard InChI is InChI=1S/C36H38N2O8/c1-39-23-43-33-19-13-29(21-35(33)45-25-41-3)7-5-27-9-15-31(16-10-27)37-38-32-17-11-28(12-18-32)6-8-30-14-20-34(44-24-40-2)36(22-30)46-26-42-4/h5-22H,23-26H2,1-4H3. The van der Waals surface area contributed by atoms with E-state index in [1.54, 1.807) is 28.4 Å². The number of methoxy groups -OCH3 is 4. The summed E-state index contributed by atoms with van der Waals surface area (Å²) in [5.41, 5.74) is 5.43. The summed E-state index contributed by atoms with van der Waals surface area (Å²) in [5.74, 6) is 2.30. The molecule has 0 fully saturated rings. The Bertz CT molecular complexity index is 1470. The van der Waals surface area contributed by atoms with Crippen LogP contribution >= 0.6 is 0 Å². The van der Waals surface area contributed by atoms with Crippen LogP contribution < -0.4 is 18.9 Å². The van der Waals surface area contributed by atoms with E-state index in [2.05, 4.69) is 10.2 Å². The average molecular weight is 627 g/mol. The molecular weight excluding hydrogens is 588 g/mol. The van der Waals surface area contributed by atoms with Gasteiger partial charge in [-0.25, -0.2) is 0 Å². The molecule has 4 aromatic carbocycles. The predicted molar refractivity (Wildman–Crippen MR) is 178 cm³/mol. The Morgan fingerprint density at radius 1 is 0.391 bits per heavy atom. The lowest BCUT2D eigenvalue weighted by Gasteiger charge is -2.12. The third-order valence-electron chi connectivity index (χ3n) is 6.27. The summed E-state index contributed by atoms with van der Waals surface area (Å²) in [6.07, 6.45) is 8.00. The minimum absolute atomic E-state index is 0.113. The van der Waals surface area contributed by atoms with Crippen molar-refractivity contribution in [2.45, 2.75) is 0 Å². The predicted octanol–water partition coefficient (Wildman–Crippen LogP) is 8.37. The molecule has 4 aromatic rings. The summed E-state index contributed by atoms with van der Waals surface area (Å²) in [5, 5.41) is 8.77. The molecule has 0 radical (unpaired) electrons. The lowest BCUT2D eigenvalue weighted by Crippen LogP contribution is -2.04. The first-order valence-electron chi connectivity index (χ1n) is 14.3. The van der Waals surface area contributed by atoms with Crippen molar-refractivity contribution in [1.29, 1.82) is 0 Å². The highest BCUT2D eigenvalue weighted by Crippen LogP contribution is 2.31. The van der Waals surface area contributed by atoms with Crippen molar-refractivity contribution >= 4 is 35.7 Å². The zero-order chi connectivity index (χ0) is 32.4. The van der Waals surface area contributed by atoms with Crippen LogP contribution in [0.15, 0.2) is 95.2 Å². The summed E-state index contributed by atoms with van der Waals surface area (Å²) >= 11 is 0. The van der Waals surface area contributed by atoms with Gasteiger partial charge < -0.3 is 37.9 Å². The van der Waals surface area contributed by atoms with Gasteiger partial charge in [0.05, 0.1) is 11.4 Å². The Hall–Kier alpha value is -5.00. The quantitative estimate of drug-likeness (QED) is 0.0617. The first-order valence-corrected chi connectivity index (χ1v) is 14.3. The summed E-state index contributed by atoms with van der Waals surface area (Å²) in [4.78, 5) is 0. The van der Waals surface area contributed by atoms with Gasteiger partial charge in [-0.2, -0.15) is 10.2 Å². The first-order chi connectivity index (χ1) is 22.6. The average Bonchev–Trinajstić information content (AvgIpc) is 3.10. The molecule has 0 saturated carbocycles. The van der Waals surface area contributed by atoms with Crippen LogP contribution in [0.4, 0.5) is 11.4 Å². The summed E-state index contributed by atoms with van der Waals surface area (Å²) < 4.78 is 42.5. The van der Waals surface area contributed by atoms with Crippen molar-refractivity contribution in [3.8, 4) is 23.0 Å². The van der Waals surface area contributed by atoms with Gasteiger partial charge in [-0.3, -0.25) is 0 Å². The summed E-state index contributed by atoms with van der Waals surface area (Å²) in [6.45, 7) is 0.479. The topological polar surface area (TPSA) is 98.6 Å². The van der Waals surface area contributed by atoms with E-state index in [-0.39, 0.29) is 27.2 Å². The molecule has 10 nitrogen and oxygen atoms in total. The van der Waals surface area contributed by atoms with Gasteiger partial charge in [0.15, 0.2) is 50.2 Å². The molecule has 4 rings (SSSR count). The van der Waals surface area contributed by atoms with Crippen molar-refractivity contribution in [3.05, 3.63) is 107 Å². The number of hydrogen-bond donors (Lipinski definition) is 0. The van der Waals surface area contributed by atoms with Crippen LogP contribution in [0.2, 0.25) is 0 Å². The molecule has 0 atom stereocenters. The molecule has 46 heavy (non-hydrogen) atoms. The number of rotatable bonds is 18. The minimum Gasteiger partial charge on any atom is -0.464 e. The second-order valence-corrected chi connectivity index (χ2v) is 9.67. The molecule has 0 saturated heterocycles. The van der Waals surface area contributed by atoms with Crippen LogP contribution in [0.1, 0.15) is 22.3 Å². The molecule has 0 bridgehead atoms. The van der Waals surface area contributed by atoms with Crippen molar-refractivity contribution in [3.63, 3.8) is 0 Å². The second-order valence-electron chi connectivity index (χ2n) is 9.67. The van der Waals surface area contributed by atoms with Gasteiger partial charge >= 0.3 is 0 Å². The molecule has 0 aliphatic heterocycles. The van der Waals surface area contributed by atoms with Gasteiger partial charge in [-0.05, 0) is 70.8 Å². The van der Waals surface area contributed by atoms with E-state index < -0.39 is 0 Å². The number of hydrogen-bond acceptors (Lipinski definition) is 10. The highest BCUT2D eigenvalue weighted by atomic mass is 16.7. The molecule has 0 amide bonds. The smallest absolute Gasteiger partial charge is 0.188 e. The van der Waals surface area contributed by atoms with Crippen molar-refractivity contribution in [2.24, 2.45) is 10.2 Å². The minimum atomic E-state index is 0.113. The highest BCUT2D eigenvalue weighted by Gasteiger charge is 2.07. The molecule has 240 valence electrons. The Kier molecular flexibility index (Phi) is 13.8. The van der Waals surface area contributed by atoms with Gasteiger partial charge in [0.2, 0.25) is 0 Å². The van der Waals surface area contributed by atoms with E-state index in [0.717, 1.165) is 33.6 Å². The maximum atomic E-state index is 5.64. The van der Waals surface area contributed by atoms with Crippen LogP contribution in [0.3, 0.4) is 0 Å². The summed E-state index contributed by atoms with van der Waals surface area (Å²) in [7, 11) is 6.27. The van der Waals surface area contributed by atoms with Crippen LogP contribution in [-0.4, -0.2) is 55.6 Å². The van der Waals surface area contributed by atoms with Gasteiger partial charge in [0.1, 0.15) is 0 Å². The van der Waals surface area contributed by atoms with E-state index in [4.69, 9.17) is 37.9 Å². The maximum absolute atomic E-state index is 5.64.